The number of benzene rings is 3. The molecule has 0 saturated heterocycles. The number of fused-ring (bicyclic) bond motifs is 3. The zero-order chi connectivity index (χ0) is 20.9. The molecule has 0 fully saturated rings. The van der Waals surface area contributed by atoms with Crippen LogP contribution in [-0.2, 0) is 16.0 Å². The van der Waals surface area contributed by atoms with Crippen molar-refractivity contribution in [3.63, 3.8) is 0 Å². The van der Waals surface area contributed by atoms with Crippen molar-refractivity contribution in [1.29, 1.82) is 0 Å². The Morgan fingerprint density at radius 3 is 2.03 bits per heavy atom. The van der Waals surface area contributed by atoms with Gasteiger partial charge in [-0.2, -0.15) is 0 Å². The molecule has 1 aliphatic rings. The van der Waals surface area contributed by atoms with Crippen LogP contribution >= 0.6 is 0 Å². The highest BCUT2D eigenvalue weighted by Crippen LogP contribution is 2.44. The fourth-order valence-electron chi connectivity index (χ4n) is 3.92. The van der Waals surface area contributed by atoms with Crippen molar-refractivity contribution >= 4 is 12.0 Å². The molecule has 1 atom stereocenters. The van der Waals surface area contributed by atoms with E-state index >= 15 is 0 Å². The highest BCUT2D eigenvalue weighted by molar-refractivity contribution is 5.85. The predicted molar refractivity (Wildman–Crippen MR) is 112 cm³/mol. The van der Waals surface area contributed by atoms with Crippen molar-refractivity contribution in [3.8, 4) is 11.1 Å². The summed E-state index contributed by atoms with van der Waals surface area (Å²) >= 11 is 0. The lowest BCUT2D eigenvalue weighted by molar-refractivity contribution is -0.131. The van der Waals surface area contributed by atoms with E-state index in [1.165, 1.54) is 0 Å². The lowest BCUT2D eigenvalue weighted by atomic mass is 9.98. The number of carbonyl (C=O) groups excluding carboxylic acids is 2. The molecule has 1 unspecified atom stereocenters. The second kappa shape index (κ2) is 8.80. The summed E-state index contributed by atoms with van der Waals surface area (Å²) in [6.07, 6.45) is -0.473. The lowest BCUT2D eigenvalue weighted by Crippen LogP contribution is -2.47. The maximum Gasteiger partial charge on any atom is 0.407 e. The number of ether oxygens (including phenoxy) is 1. The third-order valence-electron chi connectivity index (χ3n) is 5.35. The Morgan fingerprint density at radius 2 is 1.43 bits per heavy atom. The summed E-state index contributed by atoms with van der Waals surface area (Å²) in [6, 6.07) is 24.4. The Bertz CT molecular complexity index is 1010. The summed E-state index contributed by atoms with van der Waals surface area (Å²) < 4.78 is 5.49. The minimum absolute atomic E-state index is 0.0672. The van der Waals surface area contributed by atoms with Gasteiger partial charge in [0.25, 0.3) is 5.91 Å². The van der Waals surface area contributed by atoms with Gasteiger partial charge < -0.3 is 10.1 Å². The Kier molecular flexibility index (Phi) is 5.77. The Hall–Kier alpha value is -3.64. The Morgan fingerprint density at radius 1 is 0.867 bits per heavy atom. The highest BCUT2D eigenvalue weighted by atomic mass is 16.5. The predicted octanol–water partition coefficient (Wildman–Crippen LogP) is 3.64. The molecular formula is C24H22N2O4. The third kappa shape index (κ3) is 4.04. The summed E-state index contributed by atoms with van der Waals surface area (Å²) in [7, 11) is 0. The van der Waals surface area contributed by atoms with E-state index < -0.39 is 18.0 Å². The van der Waals surface area contributed by atoms with Crippen LogP contribution in [0.15, 0.2) is 78.9 Å². The van der Waals surface area contributed by atoms with E-state index in [1.807, 2.05) is 66.7 Å². The lowest BCUT2D eigenvalue weighted by Gasteiger charge is -2.18. The molecule has 0 radical (unpaired) electrons. The number of carbonyl (C=O) groups is 2. The number of nitrogens with one attached hydrogen (secondary N) is 2. The van der Waals surface area contributed by atoms with Gasteiger partial charge in [0.2, 0.25) is 0 Å². The van der Waals surface area contributed by atoms with Gasteiger partial charge in [-0.3, -0.25) is 10.0 Å². The Balaban J connectivity index is 1.44. The van der Waals surface area contributed by atoms with Crippen LogP contribution in [0, 0.1) is 0 Å². The van der Waals surface area contributed by atoms with Crippen LogP contribution in [0.25, 0.3) is 11.1 Å². The largest absolute Gasteiger partial charge is 0.449 e. The molecule has 30 heavy (non-hydrogen) atoms. The minimum Gasteiger partial charge on any atom is -0.449 e. The molecule has 3 N–H and O–H groups in total. The third-order valence-corrected chi connectivity index (χ3v) is 5.35. The van der Waals surface area contributed by atoms with Crippen LogP contribution in [0.5, 0.6) is 0 Å². The average Bonchev–Trinajstić information content (AvgIpc) is 3.11. The van der Waals surface area contributed by atoms with Crippen LogP contribution in [0.3, 0.4) is 0 Å². The zero-order valence-corrected chi connectivity index (χ0v) is 16.2. The first-order valence-corrected chi connectivity index (χ1v) is 9.76. The van der Waals surface area contributed by atoms with E-state index in [-0.39, 0.29) is 18.9 Å². The molecule has 6 heteroatoms. The molecule has 0 heterocycles. The molecular weight excluding hydrogens is 380 g/mol. The summed E-state index contributed by atoms with van der Waals surface area (Å²) in [6.45, 7) is 0.151. The molecule has 0 bridgehead atoms. The quantitative estimate of drug-likeness (QED) is 0.434. The second-order valence-electron chi connectivity index (χ2n) is 7.19. The molecule has 0 aliphatic heterocycles. The first-order valence-electron chi connectivity index (χ1n) is 9.76. The molecule has 0 saturated carbocycles. The van der Waals surface area contributed by atoms with Crippen molar-refractivity contribution in [2.24, 2.45) is 0 Å². The molecule has 0 aromatic heterocycles. The molecule has 2 amide bonds. The van der Waals surface area contributed by atoms with Crippen LogP contribution in [0.2, 0.25) is 0 Å². The van der Waals surface area contributed by atoms with E-state index in [2.05, 4.69) is 17.4 Å². The number of hydrogen-bond acceptors (Lipinski definition) is 4. The fourth-order valence-corrected chi connectivity index (χ4v) is 3.92. The van der Waals surface area contributed by atoms with Crippen LogP contribution in [-0.4, -0.2) is 29.9 Å². The maximum absolute atomic E-state index is 12.4. The Labute approximate surface area is 174 Å². The topological polar surface area (TPSA) is 87.7 Å². The molecule has 152 valence electrons. The summed E-state index contributed by atoms with van der Waals surface area (Å²) in [5.74, 6) is -0.769. The highest BCUT2D eigenvalue weighted by Gasteiger charge is 2.29. The molecule has 3 aromatic carbocycles. The van der Waals surface area contributed by atoms with Gasteiger partial charge >= 0.3 is 6.09 Å². The average molecular weight is 402 g/mol. The number of amides is 2. The zero-order valence-electron chi connectivity index (χ0n) is 16.2. The summed E-state index contributed by atoms with van der Waals surface area (Å²) in [4.78, 5) is 24.5. The standard InChI is InChI=1S/C24H22N2O4/c27-23(26-29)22(14-16-8-2-1-3-9-16)25-24(28)30-15-21-19-12-6-4-10-17(19)18-11-5-7-13-20(18)21/h1-13,21-22,29H,14-15H2,(H,25,28)(H,26,27). The fraction of sp³-hybridized carbons (Fsp3) is 0.167. The SMILES string of the molecule is O=C(NC(Cc1ccccc1)C(=O)NO)OCC1c2ccccc2-c2ccccc21. The monoisotopic (exact) mass is 402 g/mol. The van der Waals surface area contributed by atoms with Crippen molar-refractivity contribution < 1.29 is 19.5 Å². The van der Waals surface area contributed by atoms with Crippen molar-refractivity contribution in [2.45, 2.75) is 18.4 Å². The van der Waals surface area contributed by atoms with Gasteiger partial charge in [0, 0.05) is 12.3 Å². The molecule has 6 nitrogen and oxygen atoms in total. The molecule has 0 spiro atoms. The second-order valence-corrected chi connectivity index (χ2v) is 7.19. The molecule has 4 rings (SSSR count). The summed E-state index contributed by atoms with van der Waals surface area (Å²) in [5, 5.41) is 11.6. The number of rotatable bonds is 6. The van der Waals surface area contributed by atoms with E-state index in [4.69, 9.17) is 9.94 Å². The minimum atomic E-state index is -0.951. The maximum atomic E-state index is 12.4. The van der Waals surface area contributed by atoms with Crippen molar-refractivity contribution in [1.82, 2.24) is 10.8 Å². The van der Waals surface area contributed by atoms with E-state index in [0.717, 1.165) is 27.8 Å². The van der Waals surface area contributed by atoms with Crippen LogP contribution in [0.4, 0.5) is 4.79 Å². The van der Waals surface area contributed by atoms with Gasteiger partial charge in [-0.25, -0.2) is 10.3 Å². The van der Waals surface area contributed by atoms with Gasteiger partial charge in [-0.15, -0.1) is 0 Å². The first kappa shape index (κ1) is 19.7. The van der Waals surface area contributed by atoms with Crippen LogP contribution in [0.1, 0.15) is 22.6 Å². The van der Waals surface area contributed by atoms with Crippen LogP contribution < -0.4 is 10.8 Å². The van der Waals surface area contributed by atoms with E-state index in [9.17, 15) is 9.59 Å². The van der Waals surface area contributed by atoms with Gasteiger partial charge in [0.1, 0.15) is 12.6 Å². The first-order chi connectivity index (χ1) is 14.7. The van der Waals surface area contributed by atoms with Gasteiger partial charge in [-0.05, 0) is 27.8 Å². The van der Waals surface area contributed by atoms with Gasteiger partial charge in [0.05, 0.1) is 0 Å². The van der Waals surface area contributed by atoms with Gasteiger partial charge in [0.15, 0.2) is 0 Å². The van der Waals surface area contributed by atoms with Gasteiger partial charge in [-0.1, -0.05) is 78.9 Å². The van der Waals surface area contributed by atoms with E-state index in [1.54, 1.807) is 5.48 Å². The molecule has 3 aromatic rings. The smallest absolute Gasteiger partial charge is 0.407 e. The van der Waals surface area contributed by atoms with Crippen molar-refractivity contribution in [3.05, 3.63) is 95.6 Å². The summed E-state index contributed by atoms with van der Waals surface area (Å²) in [5.41, 5.74) is 6.96. The van der Waals surface area contributed by atoms with Crippen molar-refractivity contribution in [2.75, 3.05) is 6.61 Å². The normalized spacial score (nSPS) is 13.1. The number of alkyl carbamates (subject to hydrolysis) is 1. The number of hydrogen-bond donors (Lipinski definition) is 3. The molecule has 1 aliphatic carbocycles. The number of hydroxylamine groups is 1. The van der Waals surface area contributed by atoms with E-state index in [0.29, 0.717) is 0 Å².